The van der Waals surface area contributed by atoms with Crippen molar-refractivity contribution >= 4 is 35.6 Å². The van der Waals surface area contributed by atoms with Crippen molar-refractivity contribution in [2.75, 3.05) is 13.2 Å². The molecule has 0 unspecified atom stereocenters. The van der Waals surface area contributed by atoms with Gasteiger partial charge in [0.05, 0.1) is 13.2 Å². The average Bonchev–Trinajstić information content (AvgIpc) is 2.96. The van der Waals surface area contributed by atoms with Crippen molar-refractivity contribution in [2.24, 2.45) is 0 Å². The van der Waals surface area contributed by atoms with Gasteiger partial charge in [-0.25, -0.2) is 9.59 Å². The number of rotatable bonds is 7. The first-order valence-corrected chi connectivity index (χ1v) is 9.32. The van der Waals surface area contributed by atoms with E-state index in [2.05, 4.69) is 5.32 Å². The molecule has 29 heavy (non-hydrogen) atoms. The van der Waals surface area contributed by atoms with E-state index in [9.17, 15) is 14.4 Å². The van der Waals surface area contributed by atoms with Crippen LogP contribution in [0.25, 0.3) is 6.08 Å². The van der Waals surface area contributed by atoms with Crippen LogP contribution in [0.5, 0.6) is 5.75 Å². The molecule has 150 valence electrons. The number of ether oxygens (including phenoxy) is 2. The number of para-hydroxylation sites is 1. The van der Waals surface area contributed by atoms with E-state index in [1.165, 1.54) is 6.08 Å². The largest absolute Gasteiger partial charge is 0.481 e. The fraction of sp³-hybridized carbons (Fsp3) is 0.190. The van der Waals surface area contributed by atoms with Gasteiger partial charge in [0.2, 0.25) is 0 Å². The van der Waals surface area contributed by atoms with Gasteiger partial charge in [0, 0.05) is 10.6 Å². The van der Waals surface area contributed by atoms with Crippen LogP contribution in [0.4, 0.5) is 4.79 Å². The zero-order chi connectivity index (χ0) is 20.8. The van der Waals surface area contributed by atoms with Crippen LogP contribution in [0.1, 0.15) is 18.1 Å². The molecule has 0 aromatic heterocycles. The van der Waals surface area contributed by atoms with Gasteiger partial charge in [-0.3, -0.25) is 9.69 Å². The van der Waals surface area contributed by atoms with E-state index in [0.717, 1.165) is 10.5 Å². The first-order valence-electron chi connectivity index (χ1n) is 8.94. The Morgan fingerprint density at radius 2 is 1.86 bits per heavy atom. The lowest BCUT2D eigenvalue weighted by Crippen LogP contribution is -2.30. The molecule has 0 atom stereocenters. The van der Waals surface area contributed by atoms with Crippen molar-refractivity contribution in [1.82, 2.24) is 10.2 Å². The van der Waals surface area contributed by atoms with E-state index in [1.807, 2.05) is 0 Å². The van der Waals surface area contributed by atoms with Crippen LogP contribution in [0, 0.1) is 0 Å². The SMILES string of the molecule is CCOC(=O)COc1ccccc1/C=C1\NC(=O)N(Cc2ccc(Cl)cc2)C1=O. The van der Waals surface area contributed by atoms with Gasteiger partial charge in [-0.1, -0.05) is 41.9 Å². The molecule has 2 aromatic rings. The quantitative estimate of drug-likeness (QED) is 0.426. The maximum atomic E-state index is 12.7. The summed E-state index contributed by atoms with van der Waals surface area (Å²) in [5, 5.41) is 3.15. The van der Waals surface area contributed by atoms with Crippen LogP contribution < -0.4 is 10.1 Å². The second kappa shape index (κ2) is 9.25. The Morgan fingerprint density at radius 1 is 1.14 bits per heavy atom. The highest BCUT2D eigenvalue weighted by Crippen LogP contribution is 2.23. The Kier molecular flexibility index (Phi) is 6.51. The molecular formula is C21H19ClN2O5. The number of amides is 3. The maximum absolute atomic E-state index is 12.7. The lowest BCUT2D eigenvalue weighted by Gasteiger charge is -2.11. The lowest BCUT2D eigenvalue weighted by molar-refractivity contribution is -0.145. The molecule has 1 heterocycles. The molecule has 2 aromatic carbocycles. The molecule has 8 heteroatoms. The number of hydrogen-bond acceptors (Lipinski definition) is 5. The molecule has 1 saturated heterocycles. The number of imide groups is 1. The Balaban J connectivity index is 1.75. The fourth-order valence-corrected chi connectivity index (χ4v) is 2.84. The number of carbonyl (C=O) groups excluding carboxylic acids is 3. The summed E-state index contributed by atoms with van der Waals surface area (Å²) in [7, 11) is 0. The summed E-state index contributed by atoms with van der Waals surface area (Å²) >= 11 is 5.87. The van der Waals surface area contributed by atoms with E-state index in [-0.39, 0.29) is 25.5 Å². The van der Waals surface area contributed by atoms with Gasteiger partial charge in [0.1, 0.15) is 11.4 Å². The van der Waals surface area contributed by atoms with Gasteiger partial charge in [0.15, 0.2) is 6.61 Å². The van der Waals surface area contributed by atoms with Crippen LogP contribution in [0.3, 0.4) is 0 Å². The Morgan fingerprint density at radius 3 is 2.59 bits per heavy atom. The summed E-state index contributed by atoms with van der Waals surface area (Å²) in [5.41, 5.74) is 1.45. The highest BCUT2D eigenvalue weighted by Gasteiger charge is 2.33. The molecule has 0 bridgehead atoms. The number of nitrogens with zero attached hydrogens (tertiary/aromatic N) is 1. The topological polar surface area (TPSA) is 84.9 Å². The zero-order valence-electron chi connectivity index (χ0n) is 15.7. The molecule has 1 fully saturated rings. The van der Waals surface area contributed by atoms with Crippen molar-refractivity contribution in [3.8, 4) is 5.75 Å². The normalized spacial score (nSPS) is 14.8. The lowest BCUT2D eigenvalue weighted by atomic mass is 10.1. The Bertz CT molecular complexity index is 956. The second-order valence-electron chi connectivity index (χ2n) is 6.14. The van der Waals surface area contributed by atoms with Crippen LogP contribution in [-0.4, -0.2) is 36.0 Å². The van der Waals surface area contributed by atoms with Gasteiger partial charge in [0.25, 0.3) is 5.91 Å². The minimum absolute atomic E-state index is 0.121. The van der Waals surface area contributed by atoms with E-state index < -0.39 is 17.9 Å². The maximum Gasteiger partial charge on any atom is 0.344 e. The van der Waals surface area contributed by atoms with Crippen molar-refractivity contribution in [3.63, 3.8) is 0 Å². The summed E-state index contributed by atoms with van der Waals surface area (Å²) in [5.74, 6) is -0.550. The number of benzene rings is 2. The standard InChI is InChI=1S/C21H19ClN2O5/c1-2-28-19(25)13-29-18-6-4-3-5-15(18)11-17-20(26)24(21(27)23-17)12-14-7-9-16(22)10-8-14/h3-11H,2,12-13H2,1H3,(H,23,27)/b17-11-. The first-order chi connectivity index (χ1) is 14.0. The summed E-state index contributed by atoms with van der Waals surface area (Å²) in [6.07, 6.45) is 1.52. The Labute approximate surface area is 172 Å². The summed E-state index contributed by atoms with van der Waals surface area (Å²) in [6, 6.07) is 13.3. The number of hydrogen-bond donors (Lipinski definition) is 1. The summed E-state index contributed by atoms with van der Waals surface area (Å²) in [6.45, 7) is 1.84. The zero-order valence-corrected chi connectivity index (χ0v) is 16.4. The fourth-order valence-electron chi connectivity index (χ4n) is 2.71. The van der Waals surface area contributed by atoms with E-state index in [1.54, 1.807) is 55.5 Å². The molecule has 1 aliphatic rings. The average molecular weight is 415 g/mol. The molecule has 1 aliphatic heterocycles. The van der Waals surface area contributed by atoms with Crippen molar-refractivity contribution < 1.29 is 23.9 Å². The summed E-state index contributed by atoms with van der Waals surface area (Å²) < 4.78 is 10.3. The molecule has 0 radical (unpaired) electrons. The van der Waals surface area contributed by atoms with Crippen LogP contribution >= 0.6 is 11.6 Å². The predicted molar refractivity (Wildman–Crippen MR) is 107 cm³/mol. The van der Waals surface area contributed by atoms with Crippen molar-refractivity contribution in [3.05, 3.63) is 70.4 Å². The number of urea groups is 1. The monoisotopic (exact) mass is 414 g/mol. The van der Waals surface area contributed by atoms with Gasteiger partial charge < -0.3 is 14.8 Å². The second-order valence-corrected chi connectivity index (χ2v) is 6.57. The van der Waals surface area contributed by atoms with Gasteiger partial charge in [-0.2, -0.15) is 0 Å². The number of halogens is 1. The van der Waals surface area contributed by atoms with Crippen molar-refractivity contribution in [1.29, 1.82) is 0 Å². The summed E-state index contributed by atoms with van der Waals surface area (Å²) in [4.78, 5) is 37.6. The molecule has 0 spiro atoms. The smallest absolute Gasteiger partial charge is 0.344 e. The third-order valence-electron chi connectivity index (χ3n) is 4.09. The molecule has 0 saturated carbocycles. The minimum atomic E-state index is -0.513. The molecule has 3 amide bonds. The third-order valence-corrected chi connectivity index (χ3v) is 4.34. The highest BCUT2D eigenvalue weighted by molar-refractivity contribution is 6.30. The van der Waals surface area contributed by atoms with Gasteiger partial charge in [-0.05, 0) is 36.8 Å². The first kappa shape index (κ1) is 20.4. The van der Waals surface area contributed by atoms with E-state index in [4.69, 9.17) is 21.1 Å². The Hall–Kier alpha value is -3.32. The van der Waals surface area contributed by atoms with Gasteiger partial charge >= 0.3 is 12.0 Å². The highest BCUT2D eigenvalue weighted by atomic mass is 35.5. The molecular weight excluding hydrogens is 396 g/mol. The predicted octanol–water partition coefficient (Wildman–Crippen LogP) is 3.37. The molecule has 0 aliphatic carbocycles. The molecule has 7 nitrogen and oxygen atoms in total. The van der Waals surface area contributed by atoms with E-state index >= 15 is 0 Å². The number of nitrogens with one attached hydrogen (secondary N) is 1. The van der Waals surface area contributed by atoms with Crippen LogP contribution in [0.2, 0.25) is 5.02 Å². The van der Waals surface area contributed by atoms with Gasteiger partial charge in [-0.15, -0.1) is 0 Å². The molecule has 3 rings (SSSR count). The minimum Gasteiger partial charge on any atom is -0.481 e. The third kappa shape index (κ3) is 5.14. The van der Waals surface area contributed by atoms with Crippen molar-refractivity contribution in [2.45, 2.75) is 13.5 Å². The van der Waals surface area contributed by atoms with Crippen LogP contribution in [-0.2, 0) is 20.9 Å². The van der Waals surface area contributed by atoms with E-state index in [0.29, 0.717) is 16.3 Å². The molecule has 1 N–H and O–H groups in total. The van der Waals surface area contributed by atoms with Crippen LogP contribution in [0.15, 0.2) is 54.2 Å². The number of esters is 1. The number of carbonyl (C=O) groups is 3.